The number of hydrogen-bond donors (Lipinski definition) is 1. The lowest BCUT2D eigenvalue weighted by atomic mass is 9.88. The van der Waals surface area contributed by atoms with E-state index in [1.165, 1.54) is 0 Å². The highest BCUT2D eigenvalue weighted by Crippen LogP contribution is 2.20. The molecule has 0 bridgehead atoms. The maximum absolute atomic E-state index is 11.3. The summed E-state index contributed by atoms with van der Waals surface area (Å²) in [4.78, 5) is 11.3. The van der Waals surface area contributed by atoms with E-state index in [9.17, 15) is 4.79 Å². The second-order valence-corrected chi connectivity index (χ2v) is 4.54. The van der Waals surface area contributed by atoms with E-state index in [1.54, 1.807) is 0 Å². The van der Waals surface area contributed by atoms with Crippen molar-refractivity contribution in [3.05, 3.63) is 0 Å². The molecule has 0 amide bonds. The maximum Gasteiger partial charge on any atom is 0.149 e. The van der Waals surface area contributed by atoms with Crippen LogP contribution in [0.2, 0.25) is 0 Å². The molecule has 0 aliphatic carbocycles. The van der Waals surface area contributed by atoms with Crippen molar-refractivity contribution in [1.29, 1.82) is 0 Å². The molecule has 0 heterocycles. The molecule has 12 heavy (non-hydrogen) atoms. The zero-order chi connectivity index (χ0) is 9.78. The van der Waals surface area contributed by atoms with Gasteiger partial charge in [-0.25, -0.2) is 0 Å². The predicted molar refractivity (Wildman–Crippen MR) is 52.0 cm³/mol. The van der Waals surface area contributed by atoms with E-state index in [2.05, 4.69) is 20.8 Å². The summed E-state index contributed by atoms with van der Waals surface area (Å²) in [5, 5.41) is 0. The number of carbonyl (C=O) groups excluding carboxylic acids is 1. The van der Waals surface area contributed by atoms with Gasteiger partial charge in [-0.3, -0.25) is 4.79 Å². The van der Waals surface area contributed by atoms with Gasteiger partial charge in [0.15, 0.2) is 0 Å². The van der Waals surface area contributed by atoms with Gasteiger partial charge in [0, 0.05) is 6.42 Å². The maximum atomic E-state index is 11.3. The summed E-state index contributed by atoms with van der Waals surface area (Å²) < 4.78 is 0. The van der Waals surface area contributed by atoms with Gasteiger partial charge in [0.1, 0.15) is 5.78 Å². The SMILES string of the molecule is CCC(N)C(=O)CCC(C)(C)C. The first-order chi connectivity index (χ1) is 5.37. The smallest absolute Gasteiger partial charge is 0.149 e. The van der Waals surface area contributed by atoms with Gasteiger partial charge < -0.3 is 5.73 Å². The highest BCUT2D eigenvalue weighted by atomic mass is 16.1. The summed E-state index contributed by atoms with van der Waals surface area (Å²) >= 11 is 0. The van der Waals surface area contributed by atoms with Gasteiger partial charge in [-0.05, 0) is 18.3 Å². The van der Waals surface area contributed by atoms with Crippen LogP contribution < -0.4 is 5.73 Å². The number of carbonyl (C=O) groups is 1. The fraction of sp³-hybridized carbons (Fsp3) is 0.900. The van der Waals surface area contributed by atoms with Crippen LogP contribution >= 0.6 is 0 Å². The Balaban J connectivity index is 3.72. The first-order valence-electron chi connectivity index (χ1n) is 4.65. The molecule has 0 aliphatic rings. The molecule has 0 saturated heterocycles. The van der Waals surface area contributed by atoms with E-state index in [-0.39, 0.29) is 17.2 Å². The molecule has 0 aliphatic heterocycles. The third-order valence-corrected chi connectivity index (χ3v) is 1.97. The van der Waals surface area contributed by atoms with E-state index < -0.39 is 0 Å². The third kappa shape index (κ3) is 5.30. The Hall–Kier alpha value is -0.370. The minimum absolute atomic E-state index is 0.201. The summed E-state index contributed by atoms with van der Waals surface area (Å²) in [6.45, 7) is 8.35. The van der Waals surface area contributed by atoms with Crippen LogP contribution in [0.15, 0.2) is 0 Å². The molecule has 0 aromatic rings. The van der Waals surface area contributed by atoms with Gasteiger partial charge in [0.2, 0.25) is 0 Å². The normalized spacial score (nSPS) is 14.4. The van der Waals surface area contributed by atoms with Crippen molar-refractivity contribution < 1.29 is 4.79 Å². The molecular formula is C10H21NO. The zero-order valence-corrected chi connectivity index (χ0v) is 8.68. The van der Waals surface area contributed by atoms with E-state index in [1.807, 2.05) is 6.92 Å². The quantitative estimate of drug-likeness (QED) is 0.704. The lowest BCUT2D eigenvalue weighted by Gasteiger charge is -2.18. The highest BCUT2D eigenvalue weighted by molar-refractivity contribution is 5.83. The Morgan fingerprint density at radius 2 is 1.92 bits per heavy atom. The summed E-state index contributed by atoms with van der Waals surface area (Å²) in [7, 11) is 0. The van der Waals surface area contributed by atoms with Crippen molar-refractivity contribution in [2.45, 2.75) is 53.0 Å². The van der Waals surface area contributed by atoms with Crippen LogP contribution in [0, 0.1) is 5.41 Å². The molecule has 2 nitrogen and oxygen atoms in total. The molecule has 1 unspecified atom stereocenters. The van der Waals surface area contributed by atoms with E-state index in [0.29, 0.717) is 6.42 Å². The van der Waals surface area contributed by atoms with Gasteiger partial charge in [-0.1, -0.05) is 27.7 Å². The van der Waals surface area contributed by atoms with Crippen LogP contribution in [-0.4, -0.2) is 11.8 Å². The first-order valence-corrected chi connectivity index (χ1v) is 4.65. The summed E-state index contributed by atoms with van der Waals surface area (Å²) in [6, 6.07) is -0.243. The molecule has 0 aromatic heterocycles. The van der Waals surface area contributed by atoms with Crippen LogP contribution in [-0.2, 0) is 4.79 Å². The summed E-state index contributed by atoms with van der Waals surface area (Å²) in [5.74, 6) is 0.201. The average Bonchev–Trinajstić information content (AvgIpc) is 1.97. The molecule has 0 radical (unpaired) electrons. The van der Waals surface area contributed by atoms with Crippen LogP contribution in [0.3, 0.4) is 0 Å². The second-order valence-electron chi connectivity index (χ2n) is 4.54. The molecule has 0 aromatic carbocycles. The molecule has 0 fully saturated rings. The Labute approximate surface area is 75.5 Å². The van der Waals surface area contributed by atoms with Crippen LogP contribution in [0.1, 0.15) is 47.0 Å². The van der Waals surface area contributed by atoms with E-state index in [0.717, 1.165) is 12.8 Å². The lowest BCUT2D eigenvalue weighted by Crippen LogP contribution is -2.30. The molecule has 0 spiro atoms. The van der Waals surface area contributed by atoms with Crippen molar-refractivity contribution in [3.63, 3.8) is 0 Å². The minimum Gasteiger partial charge on any atom is -0.322 e. The Bertz CT molecular complexity index is 146. The van der Waals surface area contributed by atoms with Gasteiger partial charge in [-0.15, -0.1) is 0 Å². The Kier molecular flexibility index (Phi) is 4.46. The van der Waals surface area contributed by atoms with Crippen molar-refractivity contribution >= 4 is 5.78 Å². The molecule has 0 rings (SSSR count). The van der Waals surface area contributed by atoms with E-state index >= 15 is 0 Å². The molecular weight excluding hydrogens is 150 g/mol. The molecule has 72 valence electrons. The van der Waals surface area contributed by atoms with Crippen molar-refractivity contribution in [2.24, 2.45) is 11.1 Å². The zero-order valence-electron chi connectivity index (χ0n) is 8.68. The number of Topliss-reactive ketones (excluding diaryl/α,β-unsaturated/α-hetero) is 1. The Morgan fingerprint density at radius 1 is 1.42 bits per heavy atom. The topological polar surface area (TPSA) is 43.1 Å². The number of hydrogen-bond acceptors (Lipinski definition) is 2. The first kappa shape index (κ1) is 11.6. The van der Waals surface area contributed by atoms with Gasteiger partial charge in [0.05, 0.1) is 6.04 Å². The van der Waals surface area contributed by atoms with Crippen molar-refractivity contribution in [3.8, 4) is 0 Å². The van der Waals surface area contributed by atoms with Crippen LogP contribution in [0.4, 0.5) is 0 Å². The summed E-state index contributed by atoms with van der Waals surface area (Å²) in [6.07, 6.45) is 2.31. The largest absolute Gasteiger partial charge is 0.322 e. The number of ketones is 1. The summed E-state index contributed by atoms with van der Waals surface area (Å²) in [5.41, 5.74) is 5.84. The average molecular weight is 171 g/mol. The predicted octanol–water partition coefficient (Wildman–Crippen LogP) is 2.12. The fourth-order valence-electron chi connectivity index (χ4n) is 0.911. The molecule has 2 heteroatoms. The molecule has 1 atom stereocenters. The molecule has 0 saturated carbocycles. The van der Waals surface area contributed by atoms with Crippen molar-refractivity contribution in [2.75, 3.05) is 0 Å². The standard InChI is InChI=1S/C10H21NO/c1-5-8(11)9(12)6-7-10(2,3)4/h8H,5-7,11H2,1-4H3. The monoisotopic (exact) mass is 171 g/mol. The highest BCUT2D eigenvalue weighted by Gasteiger charge is 2.16. The molecule has 2 N–H and O–H groups in total. The lowest BCUT2D eigenvalue weighted by molar-refractivity contribution is -0.120. The van der Waals surface area contributed by atoms with Gasteiger partial charge >= 0.3 is 0 Å². The number of rotatable bonds is 4. The van der Waals surface area contributed by atoms with Crippen LogP contribution in [0.25, 0.3) is 0 Å². The van der Waals surface area contributed by atoms with Gasteiger partial charge in [-0.2, -0.15) is 0 Å². The minimum atomic E-state index is -0.243. The van der Waals surface area contributed by atoms with Crippen LogP contribution in [0.5, 0.6) is 0 Å². The second kappa shape index (κ2) is 4.61. The third-order valence-electron chi connectivity index (χ3n) is 1.97. The fourth-order valence-corrected chi connectivity index (χ4v) is 0.911. The van der Waals surface area contributed by atoms with E-state index in [4.69, 9.17) is 5.73 Å². The Morgan fingerprint density at radius 3 is 2.25 bits per heavy atom. The number of nitrogens with two attached hydrogens (primary N) is 1. The van der Waals surface area contributed by atoms with Gasteiger partial charge in [0.25, 0.3) is 0 Å². The van der Waals surface area contributed by atoms with Crippen molar-refractivity contribution in [1.82, 2.24) is 0 Å².